The molecule has 0 radical (unpaired) electrons. The van der Waals surface area contributed by atoms with Gasteiger partial charge in [0, 0.05) is 67.8 Å². The van der Waals surface area contributed by atoms with E-state index in [1.807, 2.05) is 16.8 Å². The Morgan fingerprint density at radius 1 is 1.00 bits per heavy atom. The second kappa shape index (κ2) is 10.2. The van der Waals surface area contributed by atoms with E-state index in [2.05, 4.69) is 34.8 Å². The molecule has 4 aromatic rings. The minimum absolute atomic E-state index is 0.0137. The lowest BCUT2D eigenvalue weighted by atomic mass is 10.0. The third-order valence-corrected chi connectivity index (χ3v) is 7.59. The van der Waals surface area contributed by atoms with E-state index < -0.39 is 19.7 Å². The molecule has 0 amide bonds. The van der Waals surface area contributed by atoms with Crippen molar-refractivity contribution in [3.63, 3.8) is 0 Å². The summed E-state index contributed by atoms with van der Waals surface area (Å²) in [6, 6.07) is 4.20. The number of methoxy groups -OCH3 is 2. The monoisotopic (exact) mass is 500 g/mol. The van der Waals surface area contributed by atoms with Crippen molar-refractivity contribution in [3.05, 3.63) is 59.7 Å². The van der Waals surface area contributed by atoms with Crippen molar-refractivity contribution in [1.82, 2.24) is 19.7 Å². The zero-order valence-corrected chi connectivity index (χ0v) is 21.6. The predicted octanol–water partition coefficient (Wildman–Crippen LogP) is 5.62. The van der Waals surface area contributed by atoms with E-state index in [9.17, 15) is 0 Å². The van der Waals surface area contributed by atoms with E-state index in [-0.39, 0.29) is 23.5 Å². The fourth-order valence-corrected chi connectivity index (χ4v) is 4.63. The molecule has 186 valence electrons. The Morgan fingerprint density at radius 2 is 1.71 bits per heavy atom. The molecule has 0 saturated heterocycles. The van der Waals surface area contributed by atoms with Crippen molar-refractivity contribution in [2.24, 2.45) is 0 Å². The molecule has 0 fully saturated rings. The predicted molar refractivity (Wildman–Crippen MR) is 134 cm³/mol. The lowest BCUT2D eigenvalue weighted by Gasteiger charge is -2.15. The smallest absolute Gasteiger partial charge is 0.171 e. The SMILES string of the molecule is COc1cc(OC)c(F)c(Cc2cn(COCC[Si](C)(C)C)c3ncc(-c4cn[nH]c4)cc23)c1F. The number of hydrogen-bond acceptors (Lipinski definition) is 5. The van der Waals surface area contributed by atoms with E-state index >= 15 is 8.78 Å². The Kier molecular flexibility index (Phi) is 7.22. The number of H-pyrrole nitrogens is 1. The molecule has 7 nitrogen and oxygen atoms in total. The Morgan fingerprint density at radius 3 is 2.31 bits per heavy atom. The molecule has 35 heavy (non-hydrogen) atoms. The third kappa shape index (κ3) is 5.38. The third-order valence-electron chi connectivity index (χ3n) is 5.89. The first kappa shape index (κ1) is 24.9. The van der Waals surface area contributed by atoms with Gasteiger partial charge in [0.15, 0.2) is 23.1 Å². The maximum Gasteiger partial charge on any atom is 0.171 e. The summed E-state index contributed by atoms with van der Waals surface area (Å²) in [7, 11) is 1.45. The minimum atomic E-state index is -1.23. The molecule has 3 heterocycles. The van der Waals surface area contributed by atoms with Gasteiger partial charge in [0.2, 0.25) is 0 Å². The summed E-state index contributed by atoms with van der Waals surface area (Å²) in [5.74, 6) is -1.66. The van der Waals surface area contributed by atoms with Crippen LogP contribution in [0.3, 0.4) is 0 Å². The molecule has 0 aliphatic rings. The highest BCUT2D eigenvalue weighted by molar-refractivity contribution is 6.76. The first-order chi connectivity index (χ1) is 16.7. The van der Waals surface area contributed by atoms with Gasteiger partial charge >= 0.3 is 0 Å². The maximum absolute atomic E-state index is 15.1. The summed E-state index contributed by atoms with van der Waals surface area (Å²) >= 11 is 0. The number of hydrogen-bond donors (Lipinski definition) is 1. The Labute approximate surface area is 204 Å². The minimum Gasteiger partial charge on any atom is -0.494 e. The van der Waals surface area contributed by atoms with E-state index in [1.54, 1.807) is 18.6 Å². The second-order valence-electron chi connectivity index (χ2n) is 9.62. The van der Waals surface area contributed by atoms with Crippen LogP contribution in [0.2, 0.25) is 25.7 Å². The molecule has 1 aromatic carbocycles. The van der Waals surface area contributed by atoms with Crippen molar-refractivity contribution in [3.8, 4) is 22.6 Å². The Bertz CT molecular complexity index is 1290. The number of aromatic nitrogens is 4. The highest BCUT2D eigenvalue weighted by Crippen LogP contribution is 2.35. The van der Waals surface area contributed by atoms with Crippen molar-refractivity contribution in [2.45, 2.75) is 38.8 Å². The molecule has 1 N–H and O–H groups in total. The quantitative estimate of drug-likeness (QED) is 0.226. The normalized spacial score (nSPS) is 11.9. The van der Waals surface area contributed by atoms with Crippen LogP contribution in [0.5, 0.6) is 11.5 Å². The van der Waals surface area contributed by atoms with Gasteiger partial charge in [-0.3, -0.25) is 5.10 Å². The van der Waals surface area contributed by atoms with Gasteiger partial charge in [-0.05, 0) is 17.7 Å². The summed E-state index contributed by atoms with van der Waals surface area (Å²) in [5.41, 5.74) is 2.96. The molecule has 3 aromatic heterocycles. The van der Waals surface area contributed by atoms with Crippen LogP contribution in [0, 0.1) is 11.6 Å². The molecular weight excluding hydrogens is 470 g/mol. The zero-order chi connectivity index (χ0) is 25.2. The van der Waals surface area contributed by atoms with Gasteiger partial charge in [-0.2, -0.15) is 5.10 Å². The molecule has 0 aliphatic heterocycles. The van der Waals surface area contributed by atoms with Crippen LogP contribution in [-0.4, -0.2) is 48.6 Å². The van der Waals surface area contributed by atoms with Gasteiger partial charge in [-0.25, -0.2) is 13.8 Å². The topological polar surface area (TPSA) is 74.2 Å². The van der Waals surface area contributed by atoms with Crippen molar-refractivity contribution >= 4 is 19.1 Å². The van der Waals surface area contributed by atoms with Crippen LogP contribution in [0.25, 0.3) is 22.2 Å². The first-order valence-corrected chi connectivity index (χ1v) is 15.1. The number of benzene rings is 1. The Balaban J connectivity index is 1.75. The van der Waals surface area contributed by atoms with Gasteiger partial charge < -0.3 is 18.8 Å². The molecule has 0 atom stereocenters. The first-order valence-electron chi connectivity index (χ1n) is 11.4. The number of halogens is 2. The van der Waals surface area contributed by atoms with Gasteiger partial charge in [-0.1, -0.05) is 19.6 Å². The Hall–Kier alpha value is -3.24. The van der Waals surface area contributed by atoms with E-state index in [4.69, 9.17) is 14.2 Å². The van der Waals surface area contributed by atoms with E-state index in [0.29, 0.717) is 24.5 Å². The summed E-state index contributed by atoms with van der Waals surface area (Å²) in [4.78, 5) is 4.65. The molecule has 0 unspecified atom stereocenters. The summed E-state index contributed by atoms with van der Waals surface area (Å²) in [6.07, 6.45) is 7.05. The fourth-order valence-electron chi connectivity index (χ4n) is 3.87. The molecule has 4 rings (SSSR count). The highest BCUT2D eigenvalue weighted by Gasteiger charge is 2.22. The molecule has 0 saturated carbocycles. The largest absolute Gasteiger partial charge is 0.494 e. The number of pyridine rings is 1. The lowest BCUT2D eigenvalue weighted by molar-refractivity contribution is 0.0898. The van der Waals surface area contributed by atoms with E-state index in [1.165, 1.54) is 20.3 Å². The van der Waals surface area contributed by atoms with Crippen LogP contribution in [0.1, 0.15) is 11.1 Å². The molecule has 0 bridgehead atoms. The van der Waals surface area contributed by atoms with Crippen LogP contribution < -0.4 is 9.47 Å². The summed E-state index contributed by atoms with van der Waals surface area (Å²) in [5, 5.41) is 7.58. The zero-order valence-electron chi connectivity index (χ0n) is 20.6. The highest BCUT2D eigenvalue weighted by atomic mass is 28.3. The van der Waals surface area contributed by atoms with Gasteiger partial charge in [0.25, 0.3) is 0 Å². The number of fused-ring (bicyclic) bond motifs is 1. The van der Waals surface area contributed by atoms with Crippen molar-refractivity contribution in [2.75, 3.05) is 20.8 Å². The van der Waals surface area contributed by atoms with Gasteiger partial charge in [0.05, 0.1) is 20.4 Å². The number of nitrogens with one attached hydrogen (secondary N) is 1. The van der Waals surface area contributed by atoms with Crippen LogP contribution in [0.4, 0.5) is 8.78 Å². The number of ether oxygens (including phenoxy) is 3. The molecule has 10 heteroatoms. The maximum atomic E-state index is 15.1. The number of rotatable bonds is 10. The molecular formula is C25H30F2N4O3Si. The van der Waals surface area contributed by atoms with Gasteiger partial charge in [-0.15, -0.1) is 0 Å². The van der Waals surface area contributed by atoms with Crippen molar-refractivity contribution in [1.29, 1.82) is 0 Å². The van der Waals surface area contributed by atoms with E-state index in [0.717, 1.165) is 22.6 Å². The fraction of sp³-hybridized carbons (Fsp3) is 0.360. The summed E-state index contributed by atoms with van der Waals surface area (Å²) in [6.45, 7) is 7.83. The molecule has 0 spiro atoms. The second-order valence-corrected chi connectivity index (χ2v) is 15.2. The van der Waals surface area contributed by atoms with Crippen LogP contribution >= 0.6 is 0 Å². The van der Waals surface area contributed by atoms with Gasteiger partial charge in [0.1, 0.15) is 12.4 Å². The summed E-state index contributed by atoms with van der Waals surface area (Å²) < 4.78 is 48.3. The number of nitrogens with zero attached hydrogens (tertiary/aromatic N) is 3. The average molecular weight is 501 g/mol. The van der Waals surface area contributed by atoms with Crippen molar-refractivity contribution < 1.29 is 23.0 Å². The molecule has 0 aliphatic carbocycles. The average Bonchev–Trinajstić information content (AvgIpc) is 3.47. The van der Waals surface area contributed by atoms with Crippen LogP contribution in [0.15, 0.2) is 36.9 Å². The lowest BCUT2D eigenvalue weighted by Crippen LogP contribution is -2.22. The van der Waals surface area contributed by atoms with Crippen LogP contribution in [-0.2, 0) is 17.9 Å². The number of aromatic amines is 1. The standard InChI is InChI=1S/C25H30F2N4O3Si/c1-32-21-10-22(33-2)24(27)20(23(21)26)9-17-14-31(15-34-6-7-35(3,4)5)25-19(17)8-16(11-28-25)18-12-29-30-13-18/h8,10-14H,6-7,9,15H2,1-5H3,(H,29,30).